The van der Waals surface area contributed by atoms with Gasteiger partial charge in [0.1, 0.15) is 11.4 Å². The van der Waals surface area contributed by atoms with E-state index in [4.69, 9.17) is 21.1 Å². The Morgan fingerprint density at radius 2 is 1.84 bits per heavy atom. The van der Waals surface area contributed by atoms with Crippen LogP contribution in [0.2, 0.25) is 5.02 Å². The third kappa shape index (κ3) is 5.90. The van der Waals surface area contributed by atoms with Gasteiger partial charge in [-0.25, -0.2) is 13.6 Å². The first-order chi connectivity index (χ1) is 15.1. The lowest BCUT2D eigenvalue weighted by Gasteiger charge is -2.37. The number of carbonyl (C=O) groups excluding carboxylic acids is 1. The predicted octanol–water partition coefficient (Wildman–Crippen LogP) is 5.18. The summed E-state index contributed by atoms with van der Waals surface area (Å²) in [4.78, 5) is 14.1. The number of benzene rings is 2. The second kappa shape index (κ2) is 10.0. The van der Waals surface area contributed by atoms with Gasteiger partial charge in [0.2, 0.25) is 0 Å². The van der Waals surface area contributed by atoms with Crippen LogP contribution >= 0.6 is 11.6 Å². The lowest BCUT2D eigenvalue weighted by molar-refractivity contribution is 0.0145. The molecule has 2 atom stereocenters. The van der Waals surface area contributed by atoms with Gasteiger partial charge in [-0.1, -0.05) is 23.7 Å². The Morgan fingerprint density at radius 1 is 1.19 bits per heavy atom. The highest BCUT2D eigenvalue weighted by Gasteiger charge is 2.37. The number of nitrogens with zero attached hydrogens (tertiary/aromatic N) is 1. The highest BCUT2D eigenvalue weighted by atomic mass is 35.5. The number of aliphatic hydroxyl groups is 1. The Kier molecular flexibility index (Phi) is 7.62. The van der Waals surface area contributed by atoms with Crippen molar-refractivity contribution in [3.63, 3.8) is 0 Å². The lowest BCUT2D eigenvalue weighted by Crippen LogP contribution is -2.44. The molecular weight excluding hydrogens is 440 g/mol. The van der Waals surface area contributed by atoms with Crippen molar-refractivity contribution < 1.29 is 28.2 Å². The maximum absolute atomic E-state index is 14.9. The molecular formula is C24H28ClF2NO4. The zero-order valence-electron chi connectivity index (χ0n) is 18.4. The van der Waals surface area contributed by atoms with Crippen LogP contribution in [0.1, 0.15) is 37.8 Å². The highest BCUT2D eigenvalue weighted by molar-refractivity contribution is 6.30. The molecule has 1 heterocycles. The Labute approximate surface area is 191 Å². The van der Waals surface area contributed by atoms with Crippen molar-refractivity contribution in [2.45, 2.75) is 38.7 Å². The fourth-order valence-corrected chi connectivity index (χ4v) is 4.02. The third-order valence-electron chi connectivity index (χ3n) is 5.32. The largest absolute Gasteiger partial charge is 0.490 e. The lowest BCUT2D eigenvalue weighted by atomic mass is 9.79. The summed E-state index contributed by atoms with van der Waals surface area (Å²) in [5, 5.41) is 10.1. The van der Waals surface area contributed by atoms with Gasteiger partial charge >= 0.3 is 6.09 Å². The Balaban J connectivity index is 1.94. The molecule has 2 aromatic rings. The van der Waals surface area contributed by atoms with Crippen molar-refractivity contribution in [1.29, 1.82) is 0 Å². The van der Waals surface area contributed by atoms with E-state index in [9.17, 15) is 18.7 Å². The Hall–Kier alpha value is -2.38. The molecule has 0 aliphatic carbocycles. The summed E-state index contributed by atoms with van der Waals surface area (Å²) in [5.74, 6) is -2.09. The molecule has 0 bridgehead atoms. The number of hydrogen-bond donors (Lipinski definition) is 1. The molecule has 3 rings (SSSR count). The molecule has 1 aliphatic heterocycles. The van der Waals surface area contributed by atoms with Crippen LogP contribution in [0.25, 0.3) is 0 Å². The summed E-state index contributed by atoms with van der Waals surface area (Å²) in [6, 6.07) is 9.30. The SMILES string of the molecule is CC(C)(C)OC(=O)N(CCO)C[C@@H]1COc2c(F)ccc(F)c2[C@H]1Cc1ccc(Cl)cc1. The number of carbonyl (C=O) groups is 1. The van der Waals surface area contributed by atoms with Gasteiger partial charge in [-0.3, -0.25) is 0 Å². The van der Waals surface area contributed by atoms with Crippen molar-refractivity contribution in [3.8, 4) is 5.75 Å². The van der Waals surface area contributed by atoms with Gasteiger partial charge in [0.15, 0.2) is 11.6 Å². The van der Waals surface area contributed by atoms with Crippen LogP contribution in [0, 0.1) is 17.6 Å². The Morgan fingerprint density at radius 3 is 2.47 bits per heavy atom. The van der Waals surface area contributed by atoms with Crippen LogP contribution in [0.5, 0.6) is 5.75 Å². The molecule has 0 saturated heterocycles. The van der Waals surface area contributed by atoms with Gasteiger partial charge in [-0.05, 0) is 57.0 Å². The maximum Gasteiger partial charge on any atom is 0.410 e. The molecule has 32 heavy (non-hydrogen) atoms. The molecule has 0 aromatic heterocycles. The van der Waals surface area contributed by atoms with E-state index in [0.29, 0.717) is 11.4 Å². The van der Waals surface area contributed by atoms with Crippen LogP contribution in [-0.4, -0.2) is 48.0 Å². The van der Waals surface area contributed by atoms with E-state index in [1.807, 2.05) is 12.1 Å². The van der Waals surface area contributed by atoms with Crippen LogP contribution < -0.4 is 4.74 Å². The van der Waals surface area contributed by atoms with Crippen molar-refractivity contribution in [2.75, 3.05) is 26.3 Å². The smallest absolute Gasteiger partial charge is 0.410 e. The average molecular weight is 468 g/mol. The zero-order chi connectivity index (χ0) is 23.5. The fraction of sp³-hybridized carbons (Fsp3) is 0.458. The van der Waals surface area contributed by atoms with Gasteiger partial charge in [0, 0.05) is 35.5 Å². The summed E-state index contributed by atoms with van der Waals surface area (Å²) in [6.07, 6.45) is -0.179. The summed E-state index contributed by atoms with van der Waals surface area (Å²) < 4.78 is 40.4. The fourth-order valence-electron chi connectivity index (χ4n) is 3.89. The minimum atomic E-state index is -0.710. The van der Waals surface area contributed by atoms with Gasteiger partial charge in [-0.2, -0.15) is 0 Å². The van der Waals surface area contributed by atoms with E-state index in [2.05, 4.69) is 0 Å². The van der Waals surface area contributed by atoms with Crippen LogP contribution in [0.15, 0.2) is 36.4 Å². The van der Waals surface area contributed by atoms with Crippen molar-refractivity contribution in [2.24, 2.45) is 5.92 Å². The first kappa shape index (κ1) is 24.3. The van der Waals surface area contributed by atoms with Crippen molar-refractivity contribution in [1.82, 2.24) is 4.90 Å². The number of hydrogen-bond acceptors (Lipinski definition) is 4. The van der Waals surface area contributed by atoms with Crippen molar-refractivity contribution in [3.05, 3.63) is 64.2 Å². The van der Waals surface area contributed by atoms with Gasteiger partial charge in [-0.15, -0.1) is 0 Å². The molecule has 174 valence electrons. The summed E-state index contributed by atoms with van der Waals surface area (Å²) in [6.45, 7) is 5.31. The molecule has 0 spiro atoms. The molecule has 0 saturated carbocycles. The number of ether oxygens (including phenoxy) is 2. The van der Waals surface area contributed by atoms with E-state index in [0.717, 1.165) is 17.7 Å². The highest BCUT2D eigenvalue weighted by Crippen LogP contribution is 2.42. The quantitative estimate of drug-likeness (QED) is 0.635. The second-order valence-electron chi connectivity index (χ2n) is 8.93. The van der Waals surface area contributed by atoms with E-state index < -0.39 is 29.2 Å². The molecule has 2 aromatic carbocycles. The van der Waals surface area contributed by atoms with Gasteiger partial charge in [0.05, 0.1) is 13.2 Å². The minimum absolute atomic E-state index is 0.0531. The number of aliphatic hydroxyl groups excluding tert-OH is 1. The molecule has 1 amide bonds. The average Bonchev–Trinajstić information content (AvgIpc) is 2.71. The van der Waals surface area contributed by atoms with Gasteiger partial charge in [0.25, 0.3) is 0 Å². The monoisotopic (exact) mass is 467 g/mol. The molecule has 5 nitrogen and oxygen atoms in total. The Bertz CT molecular complexity index is 946. The predicted molar refractivity (Wildman–Crippen MR) is 118 cm³/mol. The molecule has 8 heteroatoms. The van der Waals surface area contributed by atoms with E-state index >= 15 is 0 Å². The molecule has 0 unspecified atom stereocenters. The van der Waals surface area contributed by atoms with Crippen LogP contribution in [0.4, 0.5) is 13.6 Å². The zero-order valence-corrected chi connectivity index (χ0v) is 19.2. The van der Waals surface area contributed by atoms with E-state index in [1.54, 1.807) is 32.9 Å². The molecule has 0 fully saturated rings. The number of fused-ring (bicyclic) bond motifs is 1. The standard InChI is InChI=1S/C24H28ClF2NO4/c1-24(2,3)32-23(30)28(10-11-29)13-16-14-31-22-20(27)9-8-19(26)21(22)18(16)12-15-4-6-17(25)7-5-15/h4-9,16,18,29H,10-14H2,1-3H3/t16-,18+/m1/s1. The number of amides is 1. The first-order valence-corrected chi connectivity index (χ1v) is 10.9. The van der Waals surface area contributed by atoms with E-state index in [1.165, 1.54) is 4.90 Å². The molecule has 1 N–H and O–H groups in total. The molecule has 0 radical (unpaired) electrons. The normalized spacial score (nSPS) is 18.0. The minimum Gasteiger partial charge on any atom is -0.490 e. The van der Waals surface area contributed by atoms with Gasteiger partial charge < -0.3 is 19.5 Å². The summed E-state index contributed by atoms with van der Waals surface area (Å²) in [5.41, 5.74) is 0.342. The number of halogens is 3. The third-order valence-corrected chi connectivity index (χ3v) is 5.57. The summed E-state index contributed by atoms with van der Waals surface area (Å²) >= 11 is 5.99. The van der Waals surface area contributed by atoms with Crippen molar-refractivity contribution >= 4 is 17.7 Å². The molecule has 1 aliphatic rings. The first-order valence-electron chi connectivity index (χ1n) is 10.5. The van der Waals surface area contributed by atoms with E-state index in [-0.39, 0.29) is 43.5 Å². The van der Waals surface area contributed by atoms with Crippen LogP contribution in [-0.2, 0) is 11.2 Å². The number of rotatable bonds is 6. The van der Waals surface area contributed by atoms with Crippen LogP contribution in [0.3, 0.4) is 0 Å². The second-order valence-corrected chi connectivity index (χ2v) is 9.37. The maximum atomic E-state index is 14.9. The summed E-state index contributed by atoms with van der Waals surface area (Å²) in [7, 11) is 0. The topological polar surface area (TPSA) is 59.0 Å².